The number of nitrogens with zero attached hydrogens (tertiary/aromatic N) is 2. The van der Waals surface area contributed by atoms with Crippen LogP contribution in [0.5, 0.6) is 0 Å². The van der Waals surface area contributed by atoms with Crippen LogP contribution in [0.4, 0.5) is 8.78 Å². The highest BCUT2D eigenvalue weighted by Gasteiger charge is 2.31. The molecule has 2 saturated heterocycles. The minimum absolute atomic E-state index is 0.140. The van der Waals surface area contributed by atoms with Crippen molar-refractivity contribution >= 4 is 57.2 Å². The molecule has 2 fully saturated rings. The van der Waals surface area contributed by atoms with Crippen molar-refractivity contribution in [2.45, 2.75) is 57.3 Å². The van der Waals surface area contributed by atoms with Crippen LogP contribution in [-0.2, 0) is 17.8 Å². The molecule has 4 N–H and O–H groups in total. The van der Waals surface area contributed by atoms with Gasteiger partial charge in [-0.15, -0.1) is 0 Å². The minimum atomic E-state index is -0.423. The molecule has 14 heteroatoms. The van der Waals surface area contributed by atoms with Gasteiger partial charge in [-0.2, -0.15) is 11.8 Å². The first-order valence-electron chi connectivity index (χ1n) is 20.4. The lowest BCUT2D eigenvalue weighted by Crippen LogP contribution is -2.49. The molecular weight excluding hydrogens is 799 g/mol. The van der Waals surface area contributed by atoms with Crippen molar-refractivity contribution in [1.82, 2.24) is 30.4 Å². The maximum Gasteiger partial charge on any atom is 0.253 e. The van der Waals surface area contributed by atoms with Crippen LogP contribution in [0.2, 0.25) is 0 Å². The number of halogens is 2. The number of benzene rings is 4. The zero-order valence-corrected chi connectivity index (χ0v) is 35.3. The van der Waals surface area contributed by atoms with Crippen LogP contribution < -0.4 is 21.3 Å². The van der Waals surface area contributed by atoms with E-state index in [0.29, 0.717) is 70.4 Å². The molecule has 4 aromatic carbocycles. The van der Waals surface area contributed by atoms with Gasteiger partial charge in [-0.25, -0.2) is 8.78 Å². The molecule has 318 valence electrons. The van der Waals surface area contributed by atoms with Gasteiger partial charge in [0.15, 0.2) is 0 Å². The first kappa shape index (κ1) is 43.1. The molecule has 0 unspecified atom stereocenters. The van der Waals surface area contributed by atoms with E-state index < -0.39 is 11.6 Å². The largest absolute Gasteiger partial charge is 0.381 e. The number of thioether (sulfide) groups is 1. The van der Waals surface area contributed by atoms with E-state index in [4.69, 9.17) is 4.74 Å². The Bertz CT molecular complexity index is 2540. The van der Waals surface area contributed by atoms with Crippen molar-refractivity contribution in [1.29, 1.82) is 0 Å². The highest BCUT2D eigenvalue weighted by Crippen LogP contribution is 2.29. The number of hydrogen-bond acceptors (Lipinski definition) is 6. The summed E-state index contributed by atoms with van der Waals surface area (Å²) in [5, 5.41) is 12.0. The second kappa shape index (κ2) is 19.2. The van der Waals surface area contributed by atoms with Crippen molar-refractivity contribution in [3.05, 3.63) is 142 Å². The van der Waals surface area contributed by atoms with Gasteiger partial charge in [-0.3, -0.25) is 19.2 Å². The highest BCUT2D eigenvalue weighted by molar-refractivity contribution is 7.99. The zero-order valence-electron chi connectivity index (χ0n) is 34.5. The van der Waals surface area contributed by atoms with Crippen LogP contribution in [0.15, 0.2) is 97.3 Å². The summed E-state index contributed by atoms with van der Waals surface area (Å²) in [6.45, 7) is 4.11. The summed E-state index contributed by atoms with van der Waals surface area (Å²) >= 11 is 1.90. The van der Waals surface area contributed by atoms with Crippen molar-refractivity contribution in [2.75, 3.05) is 38.8 Å². The molecule has 0 spiro atoms. The van der Waals surface area contributed by atoms with E-state index in [0.717, 1.165) is 48.3 Å². The minimum Gasteiger partial charge on any atom is -0.381 e. The first-order chi connectivity index (χ1) is 29.5. The van der Waals surface area contributed by atoms with Gasteiger partial charge in [-0.05, 0) is 104 Å². The summed E-state index contributed by atoms with van der Waals surface area (Å²) in [6, 6.07) is 24.3. The zero-order chi connectivity index (χ0) is 43.1. The molecule has 6 aromatic rings. The standard InChI is InChI=1S/C24H26FN3O3.C23H24FN3O2S/c1-24(10-12-31-13-11-24)27-23(30)18-15-28(20-5-3-4-19(25)21(18)20)14-16-6-8-17(9-7-16)22(29)26-2;1-25-22(28)16-7-5-15(6-8-16)13-27-14-18(21-19(24)3-2-4-20(21)27)23(29)26-17-9-11-30-12-10-17/h3-9,15H,10-14H2,1-2H3,(H,26,29)(H,27,30);2-8,14,17H,9-13H2,1H3,(H,25,28)(H,26,29). The number of hydrogen-bond donors (Lipinski definition) is 4. The van der Waals surface area contributed by atoms with Crippen LogP contribution in [0, 0.1) is 11.6 Å². The maximum absolute atomic E-state index is 14.8. The topological polar surface area (TPSA) is 135 Å². The molecule has 2 aromatic heterocycles. The Kier molecular flexibility index (Phi) is 13.5. The second-order valence-corrected chi connectivity index (χ2v) is 16.9. The summed E-state index contributed by atoms with van der Waals surface area (Å²) in [4.78, 5) is 49.6. The van der Waals surface area contributed by atoms with Crippen molar-refractivity contribution in [2.24, 2.45) is 0 Å². The van der Waals surface area contributed by atoms with Crippen molar-refractivity contribution in [3.8, 4) is 0 Å². The Balaban J connectivity index is 0.000000184. The molecule has 8 rings (SSSR count). The van der Waals surface area contributed by atoms with E-state index in [2.05, 4.69) is 21.3 Å². The monoisotopic (exact) mass is 848 g/mol. The van der Waals surface area contributed by atoms with Gasteiger partial charge in [-0.1, -0.05) is 36.4 Å². The van der Waals surface area contributed by atoms with Gasteiger partial charge in [0.25, 0.3) is 23.6 Å². The molecule has 0 radical (unpaired) electrons. The Hall–Kier alpha value is -5.99. The molecule has 0 atom stereocenters. The van der Waals surface area contributed by atoms with Gasteiger partial charge in [0.1, 0.15) is 11.6 Å². The number of nitrogens with one attached hydrogen (secondary N) is 4. The van der Waals surface area contributed by atoms with Crippen LogP contribution in [0.1, 0.15) is 85.2 Å². The molecule has 0 aliphatic carbocycles. The number of aromatic nitrogens is 2. The fourth-order valence-corrected chi connectivity index (χ4v) is 8.93. The fraction of sp³-hybridized carbons (Fsp3) is 0.319. The van der Waals surface area contributed by atoms with Crippen molar-refractivity contribution < 1.29 is 32.7 Å². The molecule has 0 bridgehead atoms. The summed E-state index contributed by atoms with van der Waals surface area (Å²) in [5.74, 6) is 0.443. The Morgan fingerprint density at radius 2 is 1.13 bits per heavy atom. The first-order valence-corrected chi connectivity index (χ1v) is 21.6. The van der Waals surface area contributed by atoms with Crippen LogP contribution in [0.25, 0.3) is 21.8 Å². The van der Waals surface area contributed by atoms with Crippen LogP contribution in [-0.4, -0.2) is 83.2 Å². The highest BCUT2D eigenvalue weighted by atomic mass is 32.2. The summed E-state index contributed by atoms with van der Waals surface area (Å²) in [7, 11) is 3.18. The quantitative estimate of drug-likeness (QED) is 0.114. The van der Waals surface area contributed by atoms with E-state index in [1.54, 1.807) is 62.9 Å². The lowest BCUT2D eigenvalue weighted by molar-refractivity contribution is 0.0423. The third-order valence-electron chi connectivity index (χ3n) is 11.4. The molecule has 61 heavy (non-hydrogen) atoms. The molecule has 0 saturated carbocycles. The summed E-state index contributed by atoms with van der Waals surface area (Å²) in [6.07, 6.45) is 6.76. The smallest absolute Gasteiger partial charge is 0.253 e. The summed E-state index contributed by atoms with van der Waals surface area (Å²) in [5.41, 5.74) is 4.69. The van der Waals surface area contributed by atoms with E-state index in [-0.39, 0.29) is 35.2 Å². The Morgan fingerprint density at radius 3 is 1.59 bits per heavy atom. The number of fused-ring (bicyclic) bond motifs is 2. The normalized spacial score (nSPS) is 15.1. The van der Waals surface area contributed by atoms with E-state index in [1.807, 2.05) is 64.2 Å². The predicted octanol–water partition coefficient (Wildman–Crippen LogP) is 7.30. The molecular formula is C47H50F2N6O5S. The lowest BCUT2D eigenvalue weighted by Gasteiger charge is -2.34. The number of carbonyl (C=O) groups is 4. The fourth-order valence-electron chi connectivity index (χ4n) is 7.82. The SMILES string of the molecule is CNC(=O)c1ccc(Cn2cc(C(=O)NC3(C)CCOCC3)c3c(F)cccc32)cc1.CNC(=O)c1ccc(Cn2cc(C(=O)NC3CCSCC3)c3c(F)cccc32)cc1. The van der Waals surface area contributed by atoms with Gasteiger partial charge >= 0.3 is 0 Å². The maximum atomic E-state index is 14.8. The number of ether oxygens (including phenoxy) is 1. The average molecular weight is 849 g/mol. The third kappa shape index (κ3) is 9.98. The number of amides is 4. The molecule has 2 aliphatic rings. The third-order valence-corrected chi connectivity index (χ3v) is 12.4. The lowest BCUT2D eigenvalue weighted by atomic mass is 9.92. The Labute approximate surface area is 357 Å². The second-order valence-electron chi connectivity index (χ2n) is 15.6. The van der Waals surface area contributed by atoms with E-state index >= 15 is 0 Å². The van der Waals surface area contributed by atoms with E-state index in [1.165, 1.54) is 12.1 Å². The van der Waals surface area contributed by atoms with Gasteiger partial charge < -0.3 is 35.1 Å². The summed E-state index contributed by atoms with van der Waals surface area (Å²) < 4.78 is 38.6. The molecule has 2 aliphatic heterocycles. The van der Waals surface area contributed by atoms with Crippen molar-refractivity contribution in [3.63, 3.8) is 0 Å². The van der Waals surface area contributed by atoms with Gasteiger partial charge in [0, 0.05) is 86.3 Å². The number of carbonyl (C=O) groups excluding carboxylic acids is 4. The van der Waals surface area contributed by atoms with Crippen LogP contribution in [0.3, 0.4) is 0 Å². The molecule has 11 nitrogen and oxygen atoms in total. The van der Waals surface area contributed by atoms with Crippen LogP contribution >= 0.6 is 11.8 Å². The van der Waals surface area contributed by atoms with Gasteiger partial charge in [0.2, 0.25) is 0 Å². The average Bonchev–Trinajstić information content (AvgIpc) is 3.84. The number of rotatable bonds is 10. The molecule has 4 amide bonds. The molecule has 4 heterocycles. The van der Waals surface area contributed by atoms with Gasteiger partial charge in [0.05, 0.1) is 22.2 Å². The predicted molar refractivity (Wildman–Crippen MR) is 235 cm³/mol. The Morgan fingerprint density at radius 1 is 0.672 bits per heavy atom. The van der Waals surface area contributed by atoms with E-state index in [9.17, 15) is 28.0 Å².